The highest BCUT2D eigenvalue weighted by Crippen LogP contribution is 2.24. The number of carbonyl (C=O) groups is 1. The van der Waals surface area contributed by atoms with Crippen LogP contribution in [0.5, 0.6) is 0 Å². The minimum atomic E-state index is -0.772. The molecule has 0 heterocycles. The minimum absolute atomic E-state index is 0.422. The molecule has 4 heteroatoms. The van der Waals surface area contributed by atoms with Crippen molar-refractivity contribution in [1.82, 2.24) is 10.2 Å². The molecule has 0 aromatic carbocycles. The maximum Gasteiger partial charge on any atom is 0.323 e. The van der Waals surface area contributed by atoms with E-state index >= 15 is 0 Å². The Morgan fingerprint density at radius 1 is 1.50 bits per heavy atom. The Balaban J connectivity index is 2.46. The highest BCUT2D eigenvalue weighted by molar-refractivity contribution is 5.78. The maximum atomic E-state index is 11.4. The van der Waals surface area contributed by atoms with Crippen LogP contribution < -0.4 is 5.32 Å². The van der Waals surface area contributed by atoms with Gasteiger partial charge in [-0.05, 0) is 38.6 Å². The van der Waals surface area contributed by atoms with Crippen LogP contribution in [0.25, 0.3) is 0 Å². The van der Waals surface area contributed by atoms with Gasteiger partial charge in [0.1, 0.15) is 5.54 Å². The van der Waals surface area contributed by atoms with Crippen LogP contribution in [-0.4, -0.2) is 47.2 Å². The zero-order valence-electron chi connectivity index (χ0n) is 12.2. The predicted molar refractivity (Wildman–Crippen MR) is 73.8 cm³/mol. The van der Waals surface area contributed by atoms with E-state index in [4.69, 9.17) is 0 Å². The minimum Gasteiger partial charge on any atom is -0.480 e. The van der Waals surface area contributed by atoms with E-state index in [1.54, 1.807) is 0 Å². The van der Waals surface area contributed by atoms with E-state index in [1.807, 2.05) is 6.92 Å². The summed E-state index contributed by atoms with van der Waals surface area (Å²) >= 11 is 0. The molecule has 1 aliphatic carbocycles. The summed E-state index contributed by atoms with van der Waals surface area (Å²) in [6, 6.07) is 0.422. The molecule has 1 fully saturated rings. The van der Waals surface area contributed by atoms with Gasteiger partial charge in [-0.3, -0.25) is 10.1 Å². The van der Waals surface area contributed by atoms with E-state index in [-0.39, 0.29) is 0 Å². The van der Waals surface area contributed by atoms with E-state index in [9.17, 15) is 9.90 Å². The molecule has 0 amide bonds. The van der Waals surface area contributed by atoms with Crippen LogP contribution in [0.2, 0.25) is 0 Å². The summed E-state index contributed by atoms with van der Waals surface area (Å²) < 4.78 is 0. The molecule has 0 radical (unpaired) electrons. The largest absolute Gasteiger partial charge is 0.480 e. The van der Waals surface area contributed by atoms with Crippen LogP contribution in [-0.2, 0) is 4.79 Å². The van der Waals surface area contributed by atoms with Gasteiger partial charge in [0.15, 0.2) is 0 Å². The Bertz CT molecular complexity index is 277. The van der Waals surface area contributed by atoms with E-state index in [1.165, 1.54) is 0 Å². The summed E-state index contributed by atoms with van der Waals surface area (Å²) in [7, 11) is 0. The molecule has 0 aromatic heterocycles. The lowest BCUT2D eigenvalue weighted by Crippen LogP contribution is -2.52. The Morgan fingerprint density at radius 2 is 2.11 bits per heavy atom. The van der Waals surface area contributed by atoms with Crippen LogP contribution in [0.3, 0.4) is 0 Å². The van der Waals surface area contributed by atoms with E-state index in [0.29, 0.717) is 18.4 Å². The van der Waals surface area contributed by atoms with Gasteiger partial charge in [0, 0.05) is 19.1 Å². The van der Waals surface area contributed by atoms with Crippen molar-refractivity contribution in [2.24, 2.45) is 5.92 Å². The molecule has 0 saturated heterocycles. The van der Waals surface area contributed by atoms with Gasteiger partial charge in [-0.25, -0.2) is 0 Å². The number of carboxylic acid groups (broad SMARTS) is 1. The average molecular weight is 256 g/mol. The smallest absolute Gasteiger partial charge is 0.323 e. The van der Waals surface area contributed by atoms with Gasteiger partial charge < -0.3 is 10.0 Å². The van der Waals surface area contributed by atoms with E-state index in [2.05, 4.69) is 31.0 Å². The lowest BCUT2D eigenvalue weighted by molar-refractivity contribution is -0.144. The van der Waals surface area contributed by atoms with E-state index in [0.717, 1.165) is 32.5 Å². The number of hydrogen-bond donors (Lipinski definition) is 2. The van der Waals surface area contributed by atoms with Crippen molar-refractivity contribution < 1.29 is 9.90 Å². The van der Waals surface area contributed by atoms with Gasteiger partial charge in [-0.15, -0.1) is 0 Å². The summed E-state index contributed by atoms with van der Waals surface area (Å²) in [4.78, 5) is 13.8. The van der Waals surface area contributed by atoms with Gasteiger partial charge >= 0.3 is 5.97 Å². The summed E-state index contributed by atoms with van der Waals surface area (Å²) in [5.74, 6) is -0.104. The van der Waals surface area contributed by atoms with Gasteiger partial charge in [0.2, 0.25) is 0 Å². The Kier molecular flexibility index (Phi) is 5.60. The molecule has 2 N–H and O–H groups in total. The van der Waals surface area contributed by atoms with Gasteiger partial charge in [-0.2, -0.15) is 0 Å². The second kappa shape index (κ2) is 6.53. The molecular weight excluding hydrogens is 228 g/mol. The van der Waals surface area contributed by atoms with Crippen LogP contribution in [0.15, 0.2) is 0 Å². The molecule has 1 atom stereocenters. The third kappa shape index (κ3) is 4.94. The average Bonchev–Trinajstić information content (AvgIpc) is 3.07. The number of aliphatic carboxylic acids is 1. The Hall–Kier alpha value is -0.610. The highest BCUT2D eigenvalue weighted by atomic mass is 16.4. The zero-order valence-corrected chi connectivity index (χ0v) is 12.2. The van der Waals surface area contributed by atoms with Gasteiger partial charge in [0.05, 0.1) is 0 Å². The lowest BCUT2D eigenvalue weighted by atomic mass is 9.97. The van der Waals surface area contributed by atoms with Gasteiger partial charge in [0.25, 0.3) is 0 Å². The zero-order chi connectivity index (χ0) is 13.8. The molecule has 4 nitrogen and oxygen atoms in total. The molecular formula is C14H28N2O2. The van der Waals surface area contributed by atoms with Crippen LogP contribution >= 0.6 is 0 Å². The Morgan fingerprint density at radius 3 is 2.50 bits per heavy atom. The van der Waals surface area contributed by atoms with Crippen molar-refractivity contribution in [3.63, 3.8) is 0 Å². The van der Waals surface area contributed by atoms with Crippen molar-refractivity contribution >= 4 is 5.97 Å². The van der Waals surface area contributed by atoms with Gasteiger partial charge in [-0.1, -0.05) is 20.8 Å². The van der Waals surface area contributed by atoms with Crippen molar-refractivity contribution in [2.75, 3.05) is 19.6 Å². The molecule has 1 aliphatic rings. The third-order valence-corrected chi connectivity index (χ3v) is 3.57. The second-order valence-electron chi connectivity index (χ2n) is 6.09. The van der Waals surface area contributed by atoms with Crippen LogP contribution in [0, 0.1) is 5.92 Å². The number of nitrogens with one attached hydrogen (secondary N) is 1. The normalized spacial score (nSPS) is 19.2. The fraction of sp³-hybridized carbons (Fsp3) is 0.929. The SMILES string of the molecule is CCN(CCC(C)(NC1CC1)C(=O)O)CC(C)C. The molecule has 0 aromatic rings. The number of rotatable bonds is 9. The fourth-order valence-electron chi connectivity index (χ4n) is 2.20. The molecule has 0 bridgehead atoms. The first-order valence-corrected chi connectivity index (χ1v) is 7.11. The number of hydrogen-bond acceptors (Lipinski definition) is 3. The molecule has 1 unspecified atom stereocenters. The summed E-state index contributed by atoms with van der Waals surface area (Å²) in [6.45, 7) is 11.2. The summed E-state index contributed by atoms with van der Waals surface area (Å²) in [5.41, 5.74) is -0.772. The topological polar surface area (TPSA) is 52.6 Å². The number of carboxylic acids is 1. The monoisotopic (exact) mass is 256 g/mol. The quantitative estimate of drug-likeness (QED) is 0.662. The van der Waals surface area contributed by atoms with Crippen molar-refractivity contribution in [2.45, 2.75) is 58.5 Å². The highest BCUT2D eigenvalue weighted by Gasteiger charge is 2.38. The van der Waals surface area contributed by atoms with Crippen molar-refractivity contribution in [3.8, 4) is 0 Å². The Labute approximate surface area is 111 Å². The molecule has 0 spiro atoms. The summed E-state index contributed by atoms with van der Waals surface area (Å²) in [5, 5.41) is 12.7. The van der Waals surface area contributed by atoms with Crippen molar-refractivity contribution in [1.29, 1.82) is 0 Å². The first-order valence-electron chi connectivity index (χ1n) is 7.11. The molecule has 0 aliphatic heterocycles. The van der Waals surface area contributed by atoms with E-state index < -0.39 is 11.5 Å². The fourth-order valence-corrected chi connectivity index (χ4v) is 2.20. The third-order valence-electron chi connectivity index (χ3n) is 3.57. The second-order valence-corrected chi connectivity index (χ2v) is 6.09. The van der Waals surface area contributed by atoms with Crippen LogP contribution in [0.4, 0.5) is 0 Å². The van der Waals surface area contributed by atoms with Crippen molar-refractivity contribution in [3.05, 3.63) is 0 Å². The molecule has 1 saturated carbocycles. The molecule has 1 rings (SSSR count). The first-order chi connectivity index (χ1) is 8.37. The first kappa shape index (κ1) is 15.4. The number of nitrogens with zero attached hydrogens (tertiary/aromatic N) is 1. The standard InChI is InChI=1S/C14H28N2O2/c1-5-16(10-11(2)3)9-8-14(4,13(17)18)15-12-6-7-12/h11-12,15H,5-10H2,1-4H3,(H,17,18). The van der Waals surface area contributed by atoms with Crippen LogP contribution in [0.1, 0.15) is 47.0 Å². The summed E-state index contributed by atoms with van der Waals surface area (Å²) in [6.07, 6.45) is 2.90. The maximum absolute atomic E-state index is 11.4. The molecule has 106 valence electrons. The predicted octanol–water partition coefficient (Wildman–Crippen LogP) is 1.95. The molecule has 18 heavy (non-hydrogen) atoms. The lowest BCUT2D eigenvalue weighted by Gasteiger charge is -2.30.